The second-order valence-corrected chi connectivity index (χ2v) is 5.99. The zero-order chi connectivity index (χ0) is 19.4. The number of urea groups is 1. The normalized spacial score (nSPS) is 14.5. The van der Waals surface area contributed by atoms with E-state index in [2.05, 4.69) is 10.6 Å². The first-order valence-corrected chi connectivity index (χ1v) is 8.45. The van der Waals surface area contributed by atoms with Crippen LogP contribution in [0.2, 0.25) is 0 Å². The molecule has 27 heavy (non-hydrogen) atoms. The van der Waals surface area contributed by atoms with Gasteiger partial charge in [-0.3, -0.25) is 9.69 Å². The van der Waals surface area contributed by atoms with E-state index in [1.54, 1.807) is 37.3 Å². The summed E-state index contributed by atoms with van der Waals surface area (Å²) in [7, 11) is 1.50. The van der Waals surface area contributed by atoms with E-state index in [0.717, 1.165) is 4.90 Å². The van der Waals surface area contributed by atoms with Gasteiger partial charge in [-0.05, 0) is 31.2 Å². The van der Waals surface area contributed by atoms with Crippen molar-refractivity contribution in [1.29, 1.82) is 0 Å². The average Bonchev–Trinajstić information content (AvgIpc) is 3.09. The minimum atomic E-state index is -0.686. The van der Waals surface area contributed by atoms with Gasteiger partial charge in [0.25, 0.3) is 5.91 Å². The number of ether oxygens (including phenoxy) is 2. The van der Waals surface area contributed by atoms with Crippen molar-refractivity contribution in [2.24, 2.45) is 0 Å². The Morgan fingerprint density at radius 2 is 1.96 bits per heavy atom. The first kappa shape index (κ1) is 18.5. The van der Waals surface area contributed by atoms with Crippen molar-refractivity contribution in [2.75, 3.05) is 25.5 Å². The first-order valence-electron chi connectivity index (χ1n) is 8.45. The number of nitrogens with zero attached hydrogens (tertiary/aromatic N) is 1. The van der Waals surface area contributed by atoms with Gasteiger partial charge in [-0.15, -0.1) is 0 Å². The Morgan fingerprint density at radius 1 is 1.22 bits per heavy atom. The lowest BCUT2D eigenvalue weighted by atomic mass is 10.2. The average molecular weight is 373 g/mol. The molecule has 2 N–H and O–H groups in total. The standard InChI is InChI=1S/C19H20FN3O4/c1-12(18(24)23-10-9-21-19(23)25)22-13-7-8-15(14(20)11-13)27-17-6-4-3-5-16(17)26-2/h3-8,11-12,22H,9-10H2,1-2H3,(H,21,25). The number of halogens is 1. The van der Waals surface area contributed by atoms with Crippen molar-refractivity contribution in [1.82, 2.24) is 10.2 Å². The lowest BCUT2D eigenvalue weighted by molar-refractivity contribution is -0.128. The van der Waals surface area contributed by atoms with Crippen LogP contribution in [0.1, 0.15) is 6.92 Å². The Balaban J connectivity index is 1.69. The summed E-state index contributed by atoms with van der Waals surface area (Å²) in [5.74, 6) is -0.0578. The zero-order valence-corrected chi connectivity index (χ0v) is 15.0. The molecule has 3 rings (SSSR count). The molecule has 0 aliphatic carbocycles. The highest BCUT2D eigenvalue weighted by atomic mass is 19.1. The number of rotatable bonds is 6. The van der Waals surface area contributed by atoms with E-state index in [0.29, 0.717) is 30.3 Å². The number of carbonyl (C=O) groups excluding carboxylic acids is 2. The third-order valence-electron chi connectivity index (χ3n) is 4.10. The second kappa shape index (κ2) is 7.94. The summed E-state index contributed by atoms with van der Waals surface area (Å²) in [5.41, 5.74) is 0.403. The van der Waals surface area contributed by atoms with Crippen LogP contribution in [0.15, 0.2) is 42.5 Å². The molecule has 0 radical (unpaired) electrons. The van der Waals surface area contributed by atoms with Gasteiger partial charge in [0.1, 0.15) is 6.04 Å². The fourth-order valence-electron chi connectivity index (χ4n) is 2.72. The molecule has 2 aromatic rings. The van der Waals surface area contributed by atoms with Crippen LogP contribution in [0.5, 0.6) is 17.2 Å². The van der Waals surface area contributed by atoms with Crippen LogP contribution in [0.3, 0.4) is 0 Å². The quantitative estimate of drug-likeness (QED) is 0.814. The third-order valence-corrected chi connectivity index (χ3v) is 4.10. The van der Waals surface area contributed by atoms with E-state index < -0.39 is 17.9 Å². The number of para-hydroxylation sites is 2. The number of hydrogen-bond acceptors (Lipinski definition) is 5. The van der Waals surface area contributed by atoms with Crippen LogP contribution in [-0.2, 0) is 4.79 Å². The molecule has 1 saturated heterocycles. The number of methoxy groups -OCH3 is 1. The van der Waals surface area contributed by atoms with Crippen molar-refractivity contribution in [3.8, 4) is 17.2 Å². The summed E-state index contributed by atoms with van der Waals surface area (Å²) in [4.78, 5) is 25.0. The number of benzene rings is 2. The number of nitrogens with one attached hydrogen (secondary N) is 2. The molecule has 0 saturated carbocycles. The second-order valence-electron chi connectivity index (χ2n) is 5.99. The van der Waals surface area contributed by atoms with Crippen LogP contribution in [0.4, 0.5) is 14.9 Å². The summed E-state index contributed by atoms with van der Waals surface area (Å²) >= 11 is 0. The number of hydrogen-bond donors (Lipinski definition) is 2. The highest BCUT2D eigenvalue weighted by molar-refractivity contribution is 5.99. The Labute approximate surface area is 156 Å². The largest absolute Gasteiger partial charge is 0.493 e. The van der Waals surface area contributed by atoms with Gasteiger partial charge < -0.3 is 20.1 Å². The van der Waals surface area contributed by atoms with Crippen LogP contribution in [0.25, 0.3) is 0 Å². The fourth-order valence-corrected chi connectivity index (χ4v) is 2.72. The van der Waals surface area contributed by atoms with Gasteiger partial charge in [0.2, 0.25) is 0 Å². The van der Waals surface area contributed by atoms with Gasteiger partial charge in [-0.1, -0.05) is 12.1 Å². The Morgan fingerprint density at radius 3 is 2.59 bits per heavy atom. The molecular weight excluding hydrogens is 353 g/mol. The van der Waals surface area contributed by atoms with Crippen LogP contribution < -0.4 is 20.1 Å². The van der Waals surface area contributed by atoms with Gasteiger partial charge >= 0.3 is 6.03 Å². The fraction of sp³-hybridized carbons (Fsp3) is 0.263. The molecular formula is C19H20FN3O4. The van der Waals surface area contributed by atoms with Gasteiger partial charge in [0.05, 0.1) is 7.11 Å². The van der Waals surface area contributed by atoms with Gasteiger partial charge in [0.15, 0.2) is 23.1 Å². The van der Waals surface area contributed by atoms with Crippen molar-refractivity contribution < 1.29 is 23.5 Å². The van der Waals surface area contributed by atoms with Gasteiger partial charge in [-0.2, -0.15) is 0 Å². The molecule has 2 aromatic carbocycles. The molecule has 0 spiro atoms. The Bertz CT molecular complexity index is 859. The molecule has 1 aliphatic rings. The van der Waals surface area contributed by atoms with Crippen molar-refractivity contribution in [3.05, 3.63) is 48.3 Å². The van der Waals surface area contributed by atoms with Gasteiger partial charge in [-0.25, -0.2) is 9.18 Å². The molecule has 142 valence electrons. The summed E-state index contributed by atoms with van der Waals surface area (Å²) in [6.45, 7) is 2.37. The lowest BCUT2D eigenvalue weighted by Crippen LogP contribution is -2.43. The molecule has 1 unspecified atom stereocenters. The number of imide groups is 1. The SMILES string of the molecule is COc1ccccc1Oc1ccc(NC(C)C(=O)N2CCNC2=O)cc1F. The molecule has 8 heteroatoms. The number of carbonyl (C=O) groups is 2. The monoisotopic (exact) mass is 373 g/mol. The number of anilines is 1. The molecule has 7 nitrogen and oxygen atoms in total. The topological polar surface area (TPSA) is 79.9 Å². The summed E-state index contributed by atoms with van der Waals surface area (Å²) in [6, 6.07) is 10.1. The Kier molecular flexibility index (Phi) is 5.44. The van der Waals surface area contributed by atoms with Crippen molar-refractivity contribution in [3.63, 3.8) is 0 Å². The maximum absolute atomic E-state index is 14.4. The molecule has 3 amide bonds. The van der Waals surface area contributed by atoms with Crippen LogP contribution >= 0.6 is 0 Å². The summed E-state index contributed by atoms with van der Waals surface area (Å²) in [5, 5.41) is 5.47. The smallest absolute Gasteiger partial charge is 0.324 e. The summed E-state index contributed by atoms with van der Waals surface area (Å²) in [6.07, 6.45) is 0. The molecule has 1 fully saturated rings. The summed E-state index contributed by atoms with van der Waals surface area (Å²) < 4.78 is 25.2. The Hall–Kier alpha value is -3.29. The minimum Gasteiger partial charge on any atom is -0.493 e. The van der Waals surface area contributed by atoms with Gasteiger partial charge in [0, 0.05) is 24.8 Å². The van der Waals surface area contributed by atoms with Crippen molar-refractivity contribution >= 4 is 17.6 Å². The van der Waals surface area contributed by atoms with E-state index in [-0.39, 0.29) is 11.7 Å². The highest BCUT2D eigenvalue weighted by Gasteiger charge is 2.29. The first-order chi connectivity index (χ1) is 13.0. The molecule has 1 atom stereocenters. The van der Waals surface area contributed by atoms with E-state index in [9.17, 15) is 14.0 Å². The maximum atomic E-state index is 14.4. The van der Waals surface area contributed by atoms with Crippen molar-refractivity contribution in [2.45, 2.75) is 13.0 Å². The molecule has 1 heterocycles. The molecule has 0 aromatic heterocycles. The number of amides is 3. The zero-order valence-electron chi connectivity index (χ0n) is 15.0. The predicted molar refractivity (Wildman–Crippen MR) is 97.7 cm³/mol. The van der Waals surface area contributed by atoms with Crippen LogP contribution in [0, 0.1) is 5.82 Å². The van der Waals surface area contributed by atoms with E-state index in [1.165, 1.54) is 19.2 Å². The predicted octanol–water partition coefficient (Wildman–Crippen LogP) is 2.98. The molecule has 1 aliphatic heterocycles. The van der Waals surface area contributed by atoms with E-state index in [1.807, 2.05) is 0 Å². The molecule has 0 bridgehead atoms. The lowest BCUT2D eigenvalue weighted by Gasteiger charge is -2.20. The maximum Gasteiger partial charge on any atom is 0.324 e. The van der Waals surface area contributed by atoms with E-state index in [4.69, 9.17) is 9.47 Å². The van der Waals surface area contributed by atoms with E-state index >= 15 is 0 Å². The third kappa shape index (κ3) is 4.11. The minimum absolute atomic E-state index is 0.0305. The highest BCUT2D eigenvalue weighted by Crippen LogP contribution is 2.33. The van der Waals surface area contributed by atoms with Crippen LogP contribution in [-0.4, -0.2) is 43.1 Å².